The van der Waals surface area contributed by atoms with E-state index in [9.17, 15) is 18.0 Å². The molecule has 2 aliphatic rings. The summed E-state index contributed by atoms with van der Waals surface area (Å²) in [5.41, 5.74) is -1.25. The number of hydrogen-bond donors (Lipinski definition) is 1. The fourth-order valence-electron chi connectivity index (χ4n) is 3.93. The number of nitrogens with one attached hydrogen (secondary N) is 1. The quantitative estimate of drug-likeness (QED) is 0.831. The molecule has 0 unspecified atom stereocenters. The van der Waals surface area contributed by atoms with Crippen LogP contribution in [0.4, 0.5) is 29.6 Å². The number of pyridine rings is 1. The molecule has 7 nitrogen and oxygen atoms in total. The number of carbonyl (C=O) groups excluding carboxylic acids is 1. The lowest BCUT2D eigenvalue weighted by Crippen LogP contribution is -2.39. The molecule has 1 aliphatic carbocycles. The van der Waals surface area contributed by atoms with E-state index in [1.807, 2.05) is 0 Å². The molecule has 0 bridgehead atoms. The summed E-state index contributed by atoms with van der Waals surface area (Å²) in [4.78, 5) is 17.7. The summed E-state index contributed by atoms with van der Waals surface area (Å²) >= 11 is 0. The van der Waals surface area contributed by atoms with Crippen LogP contribution in [0.5, 0.6) is 0 Å². The van der Waals surface area contributed by atoms with Gasteiger partial charge in [-0.25, -0.2) is 9.78 Å². The molecule has 1 saturated heterocycles. The summed E-state index contributed by atoms with van der Waals surface area (Å²) in [7, 11) is 1.80. The second-order valence-electron chi connectivity index (χ2n) is 7.74. The molecule has 2 aromatic heterocycles. The van der Waals surface area contributed by atoms with Crippen molar-refractivity contribution in [3.63, 3.8) is 0 Å². The van der Waals surface area contributed by atoms with Crippen molar-refractivity contribution in [2.24, 2.45) is 13.0 Å². The Kier molecular flexibility index (Phi) is 4.87. The van der Waals surface area contributed by atoms with Gasteiger partial charge in [0, 0.05) is 32.1 Å². The number of halogens is 3. The van der Waals surface area contributed by atoms with Crippen LogP contribution in [0, 0.1) is 5.92 Å². The predicted molar refractivity (Wildman–Crippen MR) is 99.5 cm³/mol. The van der Waals surface area contributed by atoms with E-state index in [2.05, 4.69) is 15.4 Å². The van der Waals surface area contributed by atoms with Crippen LogP contribution in [-0.2, 0) is 18.0 Å². The van der Waals surface area contributed by atoms with Gasteiger partial charge in [-0.2, -0.15) is 18.3 Å². The lowest BCUT2D eigenvalue weighted by atomic mass is 9.78. The van der Waals surface area contributed by atoms with Gasteiger partial charge < -0.3 is 10.1 Å². The molecule has 1 amide bonds. The van der Waals surface area contributed by atoms with Gasteiger partial charge in [-0.3, -0.25) is 9.58 Å². The molecular weight excluding hydrogens is 387 g/mol. The number of rotatable bonds is 4. The summed E-state index contributed by atoms with van der Waals surface area (Å²) in [6, 6.07) is 4.15. The second kappa shape index (κ2) is 7.23. The molecule has 1 aliphatic heterocycles. The third kappa shape index (κ3) is 4.15. The Labute approximate surface area is 165 Å². The van der Waals surface area contributed by atoms with E-state index >= 15 is 0 Å². The lowest BCUT2D eigenvalue weighted by molar-refractivity contribution is -0.137. The molecule has 0 radical (unpaired) electrons. The third-order valence-electron chi connectivity index (χ3n) is 5.63. The molecule has 4 rings (SSSR count). The zero-order valence-electron chi connectivity index (χ0n) is 15.9. The largest absolute Gasteiger partial charge is 0.441 e. The van der Waals surface area contributed by atoms with Gasteiger partial charge in [0.1, 0.15) is 11.4 Å². The van der Waals surface area contributed by atoms with Crippen molar-refractivity contribution >= 4 is 17.7 Å². The third-order valence-corrected chi connectivity index (χ3v) is 5.63. The van der Waals surface area contributed by atoms with Crippen LogP contribution >= 0.6 is 0 Å². The highest BCUT2D eigenvalue weighted by Gasteiger charge is 2.48. The monoisotopic (exact) mass is 409 g/mol. The number of amides is 1. The summed E-state index contributed by atoms with van der Waals surface area (Å²) in [6.45, 7) is 1.11. The van der Waals surface area contributed by atoms with Gasteiger partial charge in [0.05, 0.1) is 12.1 Å². The Hall–Kier alpha value is -2.78. The van der Waals surface area contributed by atoms with Crippen molar-refractivity contribution in [1.82, 2.24) is 14.8 Å². The first-order valence-electron chi connectivity index (χ1n) is 9.51. The number of hydrogen-bond acceptors (Lipinski definition) is 5. The molecular formula is C19H22F3N5O2. The Morgan fingerprint density at radius 2 is 2.03 bits per heavy atom. The number of alkyl halides is 3. The maximum atomic E-state index is 12.6. The highest BCUT2D eigenvalue weighted by Crippen LogP contribution is 2.40. The van der Waals surface area contributed by atoms with Crippen LogP contribution in [0.2, 0.25) is 0 Å². The van der Waals surface area contributed by atoms with E-state index in [0.29, 0.717) is 30.6 Å². The van der Waals surface area contributed by atoms with Gasteiger partial charge in [0.15, 0.2) is 5.82 Å². The van der Waals surface area contributed by atoms with Crippen molar-refractivity contribution in [2.45, 2.75) is 37.5 Å². The normalized spacial score (nSPS) is 24.8. The van der Waals surface area contributed by atoms with Crippen molar-refractivity contribution in [3.05, 3.63) is 36.2 Å². The highest BCUT2D eigenvalue weighted by atomic mass is 19.4. The minimum Gasteiger partial charge on any atom is -0.441 e. The number of aryl methyl sites for hydroxylation is 1. The maximum Gasteiger partial charge on any atom is 0.417 e. The zero-order valence-corrected chi connectivity index (χ0v) is 15.9. The van der Waals surface area contributed by atoms with Crippen molar-refractivity contribution in [1.29, 1.82) is 0 Å². The topological polar surface area (TPSA) is 72.3 Å². The van der Waals surface area contributed by atoms with Crippen LogP contribution in [0.3, 0.4) is 0 Å². The zero-order chi connectivity index (χ0) is 20.6. The highest BCUT2D eigenvalue weighted by molar-refractivity contribution is 5.89. The Morgan fingerprint density at radius 3 is 2.62 bits per heavy atom. The number of ether oxygens (including phenoxy) is 1. The minimum atomic E-state index is -4.38. The van der Waals surface area contributed by atoms with Crippen molar-refractivity contribution in [2.75, 3.05) is 23.3 Å². The van der Waals surface area contributed by atoms with Gasteiger partial charge in [0.2, 0.25) is 0 Å². The summed E-state index contributed by atoms with van der Waals surface area (Å²) < 4.78 is 45.2. The number of aromatic nitrogens is 3. The number of anilines is 2. The van der Waals surface area contributed by atoms with Gasteiger partial charge in [-0.05, 0) is 43.7 Å². The van der Waals surface area contributed by atoms with E-state index in [-0.39, 0.29) is 6.09 Å². The minimum absolute atomic E-state index is 0.340. The smallest absolute Gasteiger partial charge is 0.417 e. The molecule has 2 aromatic rings. The molecule has 1 saturated carbocycles. The van der Waals surface area contributed by atoms with Crippen LogP contribution < -0.4 is 10.2 Å². The second-order valence-corrected chi connectivity index (χ2v) is 7.74. The SMILES string of the molecule is Cn1ccc(N2CC3(CCC(CNc4ccc(C(F)(F)F)cn4)CC3)OC2=O)n1. The van der Waals surface area contributed by atoms with Crippen molar-refractivity contribution < 1.29 is 22.7 Å². The molecule has 10 heteroatoms. The molecule has 3 heterocycles. The van der Waals surface area contributed by atoms with Gasteiger partial charge in [0.25, 0.3) is 0 Å². The molecule has 156 valence electrons. The molecule has 1 spiro atoms. The first-order valence-corrected chi connectivity index (χ1v) is 9.51. The Morgan fingerprint density at radius 1 is 1.28 bits per heavy atom. The lowest BCUT2D eigenvalue weighted by Gasteiger charge is -2.35. The van der Waals surface area contributed by atoms with E-state index in [1.165, 1.54) is 6.07 Å². The fourth-order valence-corrected chi connectivity index (χ4v) is 3.93. The van der Waals surface area contributed by atoms with Gasteiger partial charge >= 0.3 is 12.3 Å². The van der Waals surface area contributed by atoms with Gasteiger partial charge in [-0.1, -0.05) is 0 Å². The molecule has 1 N–H and O–H groups in total. The first-order chi connectivity index (χ1) is 13.7. The average molecular weight is 409 g/mol. The predicted octanol–water partition coefficient (Wildman–Crippen LogP) is 3.83. The molecule has 0 atom stereocenters. The van der Waals surface area contributed by atoms with E-state index in [0.717, 1.165) is 37.9 Å². The van der Waals surface area contributed by atoms with Crippen LogP contribution in [0.15, 0.2) is 30.6 Å². The summed E-state index contributed by atoms with van der Waals surface area (Å²) in [5, 5.41) is 7.38. The van der Waals surface area contributed by atoms with Crippen LogP contribution in [-0.4, -0.2) is 39.5 Å². The first kappa shape index (κ1) is 19.5. The Balaban J connectivity index is 1.29. The maximum absolute atomic E-state index is 12.6. The van der Waals surface area contributed by atoms with E-state index in [1.54, 1.807) is 28.9 Å². The molecule has 29 heavy (non-hydrogen) atoms. The van der Waals surface area contributed by atoms with E-state index in [4.69, 9.17) is 4.74 Å². The van der Waals surface area contributed by atoms with E-state index < -0.39 is 17.3 Å². The van der Waals surface area contributed by atoms with Gasteiger partial charge in [-0.15, -0.1) is 0 Å². The average Bonchev–Trinajstić information content (AvgIpc) is 3.24. The molecule has 2 fully saturated rings. The molecule has 0 aromatic carbocycles. The number of nitrogens with zero attached hydrogens (tertiary/aromatic N) is 4. The van der Waals surface area contributed by atoms with Crippen LogP contribution in [0.1, 0.15) is 31.2 Å². The Bertz CT molecular complexity index is 873. The fraction of sp³-hybridized carbons (Fsp3) is 0.526. The number of carbonyl (C=O) groups is 1. The van der Waals surface area contributed by atoms with Crippen LogP contribution in [0.25, 0.3) is 0 Å². The summed E-state index contributed by atoms with van der Waals surface area (Å²) in [6.07, 6.45) is 1.07. The standard InChI is InChI=1S/C19H22F3N5O2/c1-26-9-6-16(25-26)27-12-18(29-17(27)28)7-4-13(5-8-18)10-23-15-3-2-14(11-24-15)19(20,21)22/h2-3,6,9,11,13H,4-5,7-8,10,12H2,1H3,(H,23,24). The summed E-state index contributed by atoms with van der Waals surface area (Å²) in [5.74, 6) is 1.35. The van der Waals surface area contributed by atoms with Crippen molar-refractivity contribution in [3.8, 4) is 0 Å².